The number of benzene rings is 1. The number of hydrogen-bond donors (Lipinski definition) is 2. The van der Waals surface area contributed by atoms with Gasteiger partial charge in [-0.3, -0.25) is 10.1 Å². The summed E-state index contributed by atoms with van der Waals surface area (Å²) in [6, 6.07) is 5.65. The monoisotopic (exact) mass is 299 g/mol. The van der Waals surface area contributed by atoms with Crippen LogP contribution in [-0.4, -0.2) is 17.0 Å². The predicted octanol–water partition coefficient (Wildman–Crippen LogP) is 2.65. The van der Waals surface area contributed by atoms with Crippen LogP contribution in [0.3, 0.4) is 0 Å². The third-order valence-corrected chi connectivity index (χ3v) is 3.66. The van der Waals surface area contributed by atoms with E-state index < -0.39 is 4.92 Å². The van der Waals surface area contributed by atoms with Crippen molar-refractivity contribution in [2.24, 2.45) is 5.73 Å². The van der Waals surface area contributed by atoms with Crippen molar-refractivity contribution in [1.29, 1.82) is 0 Å². The second kappa shape index (κ2) is 5.01. The molecule has 0 amide bonds. The Morgan fingerprint density at radius 3 is 2.82 bits per heavy atom. The fourth-order valence-corrected chi connectivity index (χ4v) is 2.52. The van der Waals surface area contributed by atoms with E-state index in [0.29, 0.717) is 10.5 Å². The summed E-state index contributed by atoms with van der Waals surface area (Å²) in [4.78, 5) is 10.4. The fourth-order valence-electron chi connectivity index (χ4n) is 2.13. The molecule has 3 N–H and O–H groups in total. The van der Waals surface area contributed by atoms with Crippen LogP contribution in [0.25, 0.3) is 0 Å². The fraction of sp³-hybridized carbons (Fsp3) is 0.455. The maximum atomic E-state index is 10.8. The van der Waals surface area contributed by atoms with Crippen LogP contribution in [0, 0.1) is 10.1 Å². The third kappa shape index (κ3) is 2.95. The second-order valence-electron chi connectivity index (χ2n) is 4.34. The van der Waals surface area contributed by atoms with Crippen molar-refractivity contribution < 1.29 is 4.92 Å². The van der Waals surface area contributed by atoms with Gasteiger partial charge in [-0.2, -0.15) is 0 Å². The minimum Gasteiger partial charge on any atom is -0.382 e. The third-order valence-electron chi connectivity index (χ3n) is 2.99. The molecule has 0 bridgehead atoms. The summed E-state index contributed by atoms with van der Waals surface area (Å²) >= 11 is 3.16. The van der Waals surface area contributed by atoms with Crippen LogP contribution >= 0.6 is 15.9 Å². The SMILES string of the molecule is NC1CCC(Nc2ccc(Br)c([N+](=O)[O-])c2)C1. The molecule has 0 aliphatic heterocycles. The van der Waals surface area contributed by atoms with Crippen LogP contribution in [0.4, 0.5) is 11.4 Å². The minimum atomic E-state index is -0.393. The summed E-state index contributed by atoms with van der Waals surface area (Å²) in [6.07, 6.45) is 2.95. The molecule has 1 aliphatic carbocycles. The number of nitro groups is 1. The second-order valence-corrected chi connectivity index (χ2v) is 5.19. The van der Waals surface area contributed by atoms with Gasteiger partial charge < -0.3 is 11.1 Å². The lowest BCUT2D eigenvalue weighted by Gasteiger charge is -2.13. The van der Waals surface area contributed by atoms with Gasteiger partial charge >= 0.3 is 0 Å². The maximum Gasteiger partial charge on any atom is 0.285 e. The number of hydrogen-bond acceptors (Lipinski definition) is 4. The minimum absolute atomic E-state index is 0.0808. The van der Waals surface area contributed by atoms with Crippen molar-refractivity contribution in [3.63, 3.8) is 0 Å². The molecular formula is C11H14BrN3O2. The molecule has 0 aromatic heterocycles. The number of nitrogens with two attached hydrogens (primary N) is 1. The van der Waals surface area contributed by atoms with Crippen molar-refractivity contribution in [3.05, 3.63) is 32.8 Å². The Hall–Kier alpha value is -1.14. The Morgan fingerprint density at radius 2 is 2.24 bits per heavy atom. The van der Waals surface area contributed by atoms with E-state index in [1.54, 1.807) is 12.1 Å². The van der Waals surface area contributed by atoms with Gasteiger partial charge in [0, 0.05) is 23.8 Å². The zero-order valence-electron chi connectivity index (χ0n) is 9.23. The number of anilines is 1. The van der Waals surface area contributed by atoms with Gasteiger partial charge in [-0.15, -0.1) is 0 Å². The van der Waals surface area contributed by atoms with Crippen LogP contribution in [0.2, 0.25) is 0 Å². The molecule has 0 radical (unpaired) electrons. The molecule has 1 fully saturated rings. The summed E-state index contributed by atoms with van der Waals surface area (Å²) in [6.45, 7) is 0. The standard InChI is InChI=1S/C11H14BrN3O2/c12-10-4-3-9(6-11(10)15(16)17)14-8-2-1-7(13)5-8/h3-4,6-8,14H,1-2,5,13H2. The molecule has 0 heterocycles. The lowest BCUT2D eigenvalue weighted by Crippen LogP contribution is -2.20. The van der Waals surface area contributed by atoms with Gasteiger partial charge in [-0.25, -0.2) is 0 Å². The van der Waals surface area contributed by atoms with Crippen LogP contribution < -0.4 is 11.1 Å². The zero-order chi connectivity index (χ0) is 12.4. The van der Waals surface area contributed by atoms with E-state index in [2.05, 4.69) is 21.2 Å². The Bertz CT molecular complexity index is 439. The first-order chi connectivity index (χ1) is 8.06. The van der Waals surface area contributed by atoms with Crippen molar-refractivity contribution in [2.45, 2.75) is 31.3 Å². The molecule has 1 aliphatic rings. The summed E-state index contributed by atoms with van der Waals surface area (Å²) in [7, 11) is 0. The molecule has 17 heavy (non-hydrogen) atoms. The highest BCUT2D eigenvalue weighted by Crippen LogP contribution is 2.29. The van der Waals surface area contributed by atoms with Gasteiger partial charge in [0.05, 0.1) is 9.40 Å². The molecule has 1 aromatic carbocycles. The molecule has 0 spiro atoms. The van der Waals surface area contributed by atoms with Crippen molar-refractivity contribution >= 4 is 27.3 Å². The van der Waals surface area contributed by atoms with E-state index in [1.807, 2.05) is 6.07 Å². The number of nitrogens with one attached hydrogen (secondary N) is 1. The largest absolute Gasteiger partial charge is 0.382 e. The van der Waals surface area contributed by atoms with Gasteiger partial charge in [0.1, 0.15) is 0 Å². The van der Waals surface area contributed by atoms with Crippen LogP contribution in [0.1, 0.15) is 19.3 Å². The molecule has 2 unspecified atom stereocenters. The summed E-state index contributed by atoms with van der Waals surface area (Å²) < 4.78 is 0.496. The summed E-state index contributed by atoms with van der Waals surface area (Å²) in [5.41, 5.74) is 6.68. The zero-order valence-corrected chi connectivity index (χ0v) is 10.8. The molecule has 1 aromatic rings. The van der Waals surface area contributed by atoms with Crippen LogP contribution in [0.15, 0.2) is 22.7 Å². The van der Waals surface area contributed by atoms with Crippen molar-refractivity contribution in [2.75, 3.05) is 5.32 Å². The average molecular weight is 300 g/mol. The van der Waals surface area contributed by atoms with Crippen LogP contribution in [0.5, 0.6) is 0 Å². The van der Waals surface area contributed by atoms with E-state index in [0.717, 1.165) is 24.9 Å². The molecule has 0 saturated heterocycles. The smallest absolute Gasteiger partial charge is 0.285 e. The molecule has 1 saturated carbocycles. The van der Waals surface area contributed by atoms with Gasteiger partial charge in [0.25, 0.3) is 5.69 Å². The summed E-state index contributed by atoms with van der Waals surface area (Å²) in [5, 5.41) is 14.1. The molecule has 2 atom stereocenters. The maximum absolute atomic E-state index is 10.8. The normalized spacial score (nSPS) is 23.6. The molecule has 92 valence electrons. The van der Waals surface area contributed by atoms with E-state index in [-0.39, 0.29) is 11.7 Å². The van der Waals surface area contributed by atoms with E-state index in [1.165, 1.54) is 0 Å². The quantitative estimate of drug-likeness (QED) is 0.664. The lowest BCUT2D eigenvalue weighted by molar-refractivity contribution is -0.385. The van der Waals surface area contributed by atoms with E-state index >= 15 is 0 Å². The first-order valence-electron chi connectivity index (χ1n) is 5.52. The van der Waals surface area contributed by atoms with E-state index in [4.69, 9.17) is 5.73 Å². The number of nitrogens with zero attached hydrogens (tertiary/aromatic N) is 1. The van der Waals surface area contributed by atoms with Crippen molar-refractivity contribution in [1.82, 2.24) is 0 Å². The van der Waals surface area contributed by atoms with Gasteiger partial charge in [0.15, 0.2) is 0 Å². The number of halogens is 1. The average Bonchev–Trinajstić information content (AvgIpc) is 2.66. The molecule has 2 rings (SSSR count). The lowest BCUT2D eigenvalue weighted by atomic mass is 10.2. The van der Waals surface area contributed by atoms with Crippen molar-refractivity contribution in [3.8, 4) is 0 Å². The number of nitro benzene ring substituents is 1. The highest BCUT2D eigenvalue weighted by atomic mass is 79.9. The van der Waals surface area contributed by atoms with Crippen LogP contribution in [-0.2, 0) is 0 Å². The highest BCUT2D eigenvalue weighted by Gasteiger charge is 2.22. The van der Waals surface area contributed by atoms with E-state index in [9.17, 15) is 10.1 Å². The Morgan fingerprint density at radius 1 is 1.47 bits per heavy atom. The Kier molecular flexibility index (Phi) is 3.63. The molecule has 5 nitrogen and oxygen atoms in total. The Balaban J connectivity index is 2.11. The highest BCUT2D eigenvalue weighted by molar-refractivity contribution is 9.10. The first-order valence-corrected chi connectivity index (χ1v) is 6.31. The molecule has 6 heteroatoms. The molecular weight excluding hydrogens is 286 g/mol. The van der Waals surface area contributed by atoms with Gasteiger partial charge in [-0.1, -0.05) is 0 Å². The Labute approximate surface area is 108 Å². The first kappa shape index (κ1) is 12.3. The van der Waals surface area contributed by atoms with Gasteiger partial charge in [0.2, 0.25) is 0 Å². The number of rotatable bonds is 3. The van der Waals surface area contributed by atoms with Gasteiger partial charge in [-0.05, 0) is 47.3 Å². The summed E-state index contributed by atoms with van der Waals surface area (Å²) in [5.74, 6) is 0. The predicted molar refractivity (Wildman–Crippen MR) is 70.0 cm³/mol. The topological polar surface area (TPSA) is 81.2 Å².